The Morgan fingerprint density at radius 3 is 2.54 bits per heavy atom. The maximum atomic E-state index is 14.1. The van der Waals surface area contributed by atoms with Crippen LogP contribution in [0.25, 0.3) is 28.1 Å². The van der Waals surface area contributed by atoms with Crippen LogP contribution in [0.15, 0.2) is 42.6 Å². The predicted octanol–water partition coefficient (Wildman–Crippen LogP) is 3.57. The summed E-state index contributed by atoms with van der Waals surface area (Å²) in [7, 11) is 0. The van der Waals surface area contributed by atoms with Gasteiger partial charge in [0.15, 0.2) is 11.5 Å². The Morgan fingerprint density at radius 1 is 1.06 bits per heavy atom. The summed E-state index contributed by atoms with van der Waals surface area (Å²) in [4.78, 5) is 5.86. The minimum absolute atomic E-state index is 0.0196. The van der Waals surface area contributed by atoms with E-state index < -0.39 is 24.4 Å². The molecule has 1 saturated heterocycles. The quantitative estimate of drug-likeness (QED) is 0.429. The van der Waals surface area contributed by atoms with Gasteiger partial charge in [-0.1, -0.05) is 12.1 Å². The molecule has 182 valence electrons. The molecule has 0 spiro atoms. The number of β-amino-alcohol motifs (C(OH)–C–C–N with tert-alkyl or cyclic N) is 1. The van der Waals surface area contributed by atoms with Crippen LogP contribution in [0.2, 0.25) is 0 Å². The number of nitrogens with two attached hydrogens (primary N) is 1. The van der Waals surface area contributed by atoms with Crippen LogP contribution >= 0.6 is 0 Å². The third-order valence-electron chi connectivity index (χ3n) is 6.81. The van der Waals surface area contributed by atoms with Crippen LogP contribution in [0, 0.1) is 5.82 Å². The van der Waals surface area contributed by atoms with E-state index in [1.165, 1.54) is 34.9 Å². The summed E-state index contributed by atoms with van der Waals surface area (Å²) >= 11 is 0. The van der Waals surface area contributed by atoms with Crippen LogP contribution in [-0.2, 0) is 0 Å². The second-order valence-electron chi connectivity index (χ2n) is 9.38. The van der Waals surface area contributed by atoms with Crippen molar-refractivity contribution in [3.63, 3.8) is 0 Å². The molecule has 35 heavy (non-hydrogen) atoms. The van der Waals surface area contributed by atoms with Gasteiger partial charge in [0.1, 0.15) is 17.6 Å². The zero-order valence-corrected chi connectivity index (χ0v) is 18.5. The molecule has 4 heterocycles. The third kappa shape index (κ3) is 3.93. The van der Waals surface area contributed by atoms with E-state index >= 15 is 0 Å². The van der Waals surface area contributed by atoms with E-state index in [9.17, 15) is 22.7 Å². The van der Waals surface area contributed by atoms with E-state index in [2.05, 4.69) is 10.2 Å². The number of aliphatic hydroxyl groups excluding tert-OH is 1. The number of rotatable bonds is 4. The minimum Gasteiger partial charge on any atom is -0.390 e. The molecule has 1 saturated carbocycles. The molecule has 0 unspecified atom stereocenters. The van der Waals surface area contributed by atoms with Gasteiger partial charge in [-0.3, -0.25) is 9.30 Å². The van der Waals surface area contributed by atoms with E-state index in [0.717, 1.165) is 23.3 Å². The molecule has 3 atom stereocenters. The Balaban J connectivity index is 1.45. The summed E-state index contributed by atoms with van der Waals surface area (Å²) < 4.78 is 58.0. The zero-order chi connectivity index (χ0) is 24.5. The number of pyridine rings is 2. The van der Waals surface area contributed by atoms with E-state index in [4.69, 9.17) is 10.7 Å². The van der Waals surface area contributed by atoms with Crippen LogP contribution in [0.3, 0.4) is 0 Å². The number of halogens is 4. The van der Waals surface area contributed by atoms with Crippen molar-refractivity contribution in [2.75, 3.05) is 13.1 Å². The summed E-state index contributed by atoms with van der Waals surface area (Å²) in [5.74, 6) is 0.220. The maximum Gasteiger partial charge on any atom is 0.408 e. The Kier molecular flexibility index (Phi) is 5.06. The average Bonchev–Trinajstić information content (AvgIpc) is 3.48. The monoisotopic (exact) mass is 486 g/mol. The number of hydrogen-bond donors (Lipinski definition) is 2. The van der Waals surface area contributed by atoms with Crippen LogP contribution in [0.4, 0.5) is 17.6 Å². The Hall–Kier alpha value is -3.15. The van der Waals surface area contributed by atoms with E-state index in [1.54, 1.807) is 12.1 Å². The number of fused-ring (bicyclic) bond motifs is 2. The second-order valence-corrected chi connectivity index (χ2v) is 9.38. The first-order valence-corrected chi connectivity index (χ1v) is 11.4. The first-order chi connectivity index (χ1) is 16.7. The predicted molar refractivity (Wildman–Crippen MR) is 120 cm³/mol. The van der Waals surface area contributed by atoms with Gasteiger partial charge < -0.3 is 10.8 Å². The fourth-order valence-corrected chi connectivity index (χ4v) is 4.96. The van der Waals surface area contributed by atoms with Gasteiger partial charge in [0.25, 0.3) is 0 Å². The molecule has 6 rings (SSSR count). The zero-order valence-electron chi connectivity index (χ0n) is 18.5. The lowest BCUT2D eigenvalue weighted by Crippen LogP contribution is -2.38. The Morgan fingerprint density at radius 2 is 1.86 bits per heavy atom. The number of likely N-dealkylation sites (tertiary alicyclic amines) is 1. The molecule has 3 aromatic heterocycles. The molecule has 7 nitrogen and oxygen atoms in total. The maximum absolute atomic E-state index is 14.1. The molecule has 0 radical (unpaired) electrons. The van der Waals surface area contributed by atoms with E-state index in [-0.39, 0.29) is 36.2 Å². The third-order valence-corrected chi connectivity index (χ3v) is 6.81. The van der Waals surface area contributed by atoms with Crippen molar-refractivity contribution in [1.29, 1.82) is 0 Å². The van der Waals surface area contributed by atoms with Gasteiger partial charge in [-0.2, -0.15) is 13.2 Å². The number of aromatic nitrogens is 4. The van der Waals surface area contributed by atoms with Crippen LogP contribution in [0.5, 0.6) is 0 Å². The van der Waals surface area contributed by atoms with Crippen molar-refractivity contribution in [3.8, 4) is 11.5 Å². The van der Waals surface area contributed by atoms with Gasteiger partial charge in [-0.25, -0.2) is 9.37 Å². The van der Waals surface area contributed by atoms with Crippen molar-refractivity contribution >= 4 is 16.6 Å². The van der Waals surface area contributed by atoms with Crippen molar-refractivity contribution in [2.45, 2.75) is 43.1 Å². The lowest BCUT2D eigenvalue weighted by atomic mass is 10.0. The first kappa shape index (κ1) is 22.3. The van der Waals surface area contributed by atoms with Crippen molar-refractivity contribution in [2.24, 2.45) is 5.73 Å². The molecule has 2 fully saturated rings. The molecule has 2 aliphatic rings. The number of nitrogens with zero attached hydrogens (tertiary/aromatic N) is 5. The summed E-state index contributed by atoms with van der Waals surface area (Å²) in [5, 5.41) is 18.9. The largest absolute Gasteiger partial charge is 0.408 e. The molecule has 1 aliphatic heterocycles. The summed E-state index contributed by atoms with van der Waals surface area (Å²) in [6, 6.07) is 6.47. The normalized spacial score (nSPS) is 22.3. The molecular formula is C24H22F4N6O. The summed E-state index contributed by atoms with van der Waals surface area (Å²) in [6.45, 7) is -0.254. The summed E-state index contributed by atoms with van der Waals surface area (Å²) in [5.41, 5.74) is 8.05. The van der Waals surface area contributed by atoms with E-state index in [1.807, 2.05) is 0 Å². The number of alkyl halides is 3. The van der Waals surface area contributed by atoms with E-state index in [0.29, 0.717) is 22.2 Å². The molecule has 3 N–H and O–H groups in total. The van der Waals surface area contributed by atoms with Crippen LogP contribution < -0.4 is 5.73 Å². The molecule has 4 aromatic rings. The molecule has 0 bridgehead atoms. The van der Waals surface area contributed by atoms with Gasteiger partial charge in [-0.05, 0) is 54.2 Å². The highest BCUT2D eigenvalue weighted by molar-refractivity contribution is 5.85. The first-order valence-electron chi connectivity index (χ1n) is 11.4. The SMILES string of the molecule is N[C@@H]1CN([C@H](c2ccc3nnc(-c4ccc5cc(F)cc(C6CC6)c5n4)n3c2)C(F)(F)F)C[C@H]1O. The van der Waals surface area contributed by atoms with Crippen molar-refractivity contribution < 1.29 is 22.7 Å². The highest BCUT2D eigenvalue weighted by Crippen LogP contribution is 2.43. The lowest BCUT2D eigenvalue weighted by molar-refractivity contribution is -0.184. The average molecular weight is 486 g/mol. The number of hydrogen-bond acceptors (Lipinski definition) is 6. The minimum atomic E-state index is -4.59. The molecular weight excluding hydrogens is 464 g/mol. The molecule has 1 aliphatic carbocycles. The second kappa shape index (κ2) is 7.94. The van der Waals surface area contributed by atoms with Crippen molar-refractivity contribution in [3.05, 3.63) is 59.5 Å². The van der Waals surface area contributed by atoms with Crippen LogP contribution in [-0.4, -0.2) is 61.0 Å². The number of aliphatic hydroxyl groups is 1. The van der Waals surface area contributed by atoms with Gasteiger partial charge >= 0.3 is 6.18 Å². The molecule has 1 aromatic carbocycles. The van der Waals surface area contributed by atoms with Crippen molar-refractivity contribution in [1.82, 2.24) is 24.5 Å². The lowest BCUT2D eigenvalue weighted by Gasteiger charge is -2.29. The summed E-state index contributed by atoms with van der Waals surface area (Å²) in [6.07, 6.45) is -2.32. The van der Waals surface area contributed by atoms with Crippen LogP contribution in [0.1, 0.15) is 35.9 Å². The molecule has 11 heteroatoms. The standard InChI is InChI=1S/C24H22F4N6O/c25-15-7-13-3-5-18(30-21(13)16(8-15)12-1-2-12)23-32-31-20-6-4-14(9-34(20)23)22(24(26,27)28)33-10-17(29)19(35)11-33/h3-9,12,17,19,22,35H,1-2,10-11,29H2/t17-,19-,22-/m1/s1. The van der Waals surface area contributed by atoms with Gasteiger partial charge in [0.2, 0.25) is 0 Å². The fraction of sp³-hybridized carbons (Fsp3) is 0.375. The highest BCUT2D eigenvalue weighted by Gasteiger charge is 2.48. The van der Waals surface area contributed by atoms with Gasteiger partial charge in [0, 0.05) is 30.7 Å². The Bertz CT molecular complexity index is 1420. The molecule has 0 amide bonds. The topological polar surface area (TPSA) is 92.6 Å². The fourth-order valence-electron chi connectivity index (χ4n) is 4.96. The Labute approximate surface area is 197 Å². The smallest absolute Gasteiger partial charge is 0.390 e. The van der Waals surface area contributed by atoms with Gasteiger partial charge in [-0.15, -0.1) is 10.2 Å². The van der Waals surface area contributed by atoms with Gasteiger partial charge in [0.05, 0.1) is 11.6 Å². The number of benzene rings is 1. The highest BCUT2D eigenvalue weighted by atomic mass is 19.4.